The van der Waals surface area contributed by atoms with Gasteiger partial charge in [0, 0.05) is 24.7 Å². The fourth-order valence-corrected chi connectivity index (χ4v) is 3.87. The molecule has 1 heterocycles. The quantitative estimate of drug-likeness (QED) is 0.813. The molecule has 4 nitrogen and oxygen atoms in total. The van der Waals surface area contributed by atoms with E-state index in [2.05, 4.69) is 31.0 Å². The highest BCUT2D eigenvalue weighted by Crippen LogP contribution is 2.33. The summed E-state index contributed by atoms with van der Waals surface area (Å²) in [6.45, 7) is 8.76. The predicted octanol–water partition coefficient (Wildman–Crippen LogP) is 1.38. The van der Waals surface area contributed by atoms with E-state index in [0.29, 0.717) is 12.1 Å². The Balaban J connectivity index is 2.04. The monoisotopic (exact) mass is 270 g/mol. The van der Waals surface area contributed by atoms with Crippen LogP contribution in [0.25, 0.3) is 0 Å². The first kappa shape index (κ1) is 15.2. The van der Waals surface area contributed by atoms with Crippen molar-refractivity contribution in [3.05, 3.63) is 0 Å². The summed E-state index contributed by atoms with van der Waals surface area (Å²) in [6, 6.07) is 0.568. The SMILES string of the molecule is CNC1(CO)CCCC(N2CC(C)OC(C)(C)C2)C1. The third-order valence-corrected chi connectivity index (χ3v) is 4.76. The van der Waals surface area contributed by atoms with Crippen molar-refractivity contribution in [3.63, 3.8) is 0 Å². The van der Waals surface area contributed by atoms with Gasteiger partial charge in [-0.3, -0.25) is 4.90 Å². The molecule has 19 heavy (non-hydrogen) atoms. The van der Waals surface area contributed by atoms with Gasteiger partial charge in [-0.25, -0.2) is 0 Å². The van der Waals surface area contributed by atoms with Gasteiger partial charge in [-0.1, -0.05) is 0 Å². The Morgan fingerprint density at radius 1 is 1.42 bits per heavy atom. The molecule has 2 fully saturated rings. The molecule has 0 aromatic rings. The Labute approximate surface area is 117 Å². The number of hydrogen-bond donors (Lipinski definition) is 2. The lowest BCUT2D eigenvalue weighted by Crippen LogP contribution is -2.60. The maximum atomic E-state index is 9.71. The van der Waals surface area contributed by atoms with Crippen molar-refractivity contribution in [3.8, 4) is 0 Å². The smallest absolute Gasteiger partial charge is 0.0757 e. The van der Waals surface area contributed by atoms with E-state index in [1.54, 1.807) is 0 Å². The van der Waals surface area contributed by atoms with Crippen LogP contribution in [0.5, 0.6) is 0 Å². The summed E-state index contributed by atoms with van der Waals surface area (Å²) in [5.41, 5.74) is -0.134. The second-order valence-corrected chi connectivity index (χ2v) is 7.06. The van der Waals surface area contributed by atoms with Crippen LogP contribution in [0.4, 0.5) is 0 Å². The molecule has 2 aliphatic rings. The Bertz CT molecular complexity index is 303. The van der Waals surface area contributed by atoms with E-state index in [9.17, 15) is 5.11 Å². The van der Waals surface area contributed by atoms with Crippen molar-refractivity contribution in [2.24, 2.45) is 0 Å². The molecule has 0 spiro atoms. The van der Waals surface area contributed by atoms with Gasteiger partial charge in [0.25, 0.3) is 0 Å². The van der Waals surface area contributed by atoms with Gasteiger partial charge < -0.3 is 15.2 Å². The summed E-state index contributed by atoms with van der Waals surface area (Å²) in [7, 11) is 1.98. The molecule has 0 amide bonds. The number of nitrogens with zero attached hydrogens (tertiary/aromatic N) is 1. The van der Waals surface area contributed by atoms with Crippen molar-refractivity contribution in [1.29, 1.82) is 0 Å². The summed E-state index contributed by atoms with van der Waals surface area (Å²) in [4.78, 5) is 2.58. The van der Waals surface area contributed by atoms with Crippen LogP contribution in [0, 0.1) is 0 Å². The lowest BCUT2D eigenvalue weighted by atomic mass is 9.78. The summed E-state index contributed by atoms with van der Waals surface area (Å²) >= 11 is 0. The molecule has 0 aromatic carbocycles. The number of aliphatic hydroxyl groups is 1. The maximum Gasteiger partial charge on any atom is 0.0757 e. The molecule has 0 aromatic heterocycles. The molecule has 4 heteroatoms. The minimum Gasteiger partial charge on any atom is -0.394 e. The number of likely N-dealkylation sites (N-methyl/N-ethyl adjacent to an activating group) is 1. The Hall–Kier alpha value is -0.160. The van der Waals surface area contributed by atoms with Crippen LogP contribution < -0.4 is 5.32 Å². The lowest BCUT2D eigenvalue weighted by Gasteiger charge is -2.49. The highest BCUT2D eigenvalue weighted by atomic mass is 16.5. The summed E-state index contributed by atoms with van der Waals surface area (Å²) < 4.78 is 5.99. The highest BCUT2D eigenvalue weighted by molar-refractivity contribution is 4.97. The molecular formula is C15H30N2O2. The molecule has 3 unspecified atom stereocenters. The van der Waals surface area contributed by atoms with Gasteiger partial charge in [-0.2, -0.15) is 0 Å². The van der Waals surface area contributed by atoms with Gasteiger partial charge in [0.2, 0.25) is 0 Å². The van der Waals surface area contributed by atoms with Gasteiger partial charge in [-0.15, -0.1) is 0 Å². The Morgan fingerprint density at radius 2 is 2.16 bits per heavy atom. The lowest BCUT2D eigenvalue weighted by molar-refractivity contribution is -0.143. The molecule has 1 aliphatic carbocycles. The summed E-state index contributed by atoms with van der Waals surface area (Å²) in [5.74, 6) is 0. The number of morpholine rings is 1. The molecule has 2 N–H and O–H groups in total. The zero-order valence-corrected chi connectivity index (χ0v) is 12.9. The molecule has 1 aliphatic heterocycles. The minimum absolute atomic E-state index is 0.0589. The van der Waals surface area contributed by atoms with Crippen molar-refractivity contribution in [2.75, 3.05) is 26.7 Å². The highest BCUT2D eigenvalue weighted by Gasteiger charge is 2.40. The van der Waals surface area contributed by atoms with E-state index in [1.807, 2.05) is 7.05 Å². The largest absolute Gasteiger partial charge is 0.394 e. The van der Waals surface area contributed by atoms with E-state index in [0.717, 1.165) is 25.9 Å². The predicted molar refractivity (Wildman–Crippen MR) is 77.3 cm³/mol. The van der Waals surface area contributed by atoms with Crippen LogP contribution in [0.1, 0.15) is 46.5 Å². The summed E-state index contributed by atoms with van der Waals surface area (Å²) in [5, 5.41) is 13.1. The molecule has 0 radical (unpaired) electrons. The number of rotatable bonds is 3. The zero-order chi connectivity index (χ0) is 14.1. The molecule has 2 rings (SSSR count). The zero-order valence-electron chi connectivity index (χ0n) is 12.9. The fraction of sp³-hybridized carbons (Fsp3) is 1.00. The van der Waals surface area contributed by atoms with Crippen LogP contribution in [0.3, 0.4) is 0 Å². The van der Waals surface area contributed by atoms with Crippen molar-refractivity contribution in [2.45, 2.75) is 69.7 Å². The van der Waals surface area contributed by atoms with Crippen molar-refractivity contribution < 1.29 is 9.84 Å². The Morgan fingerprint density at radius 3 is 2.74 bits per heavy atom. The number of nitrogens with one attached hydrogen (secondary N) is 1. The van der Waals surface area contributed by atoms with E-state index in [1.165, 1.54) is 12.8 Å². The number of hydrogen-bond acceptors (Lipinski definition) is 4. The van der Waals surface area contributed by atoms with Crippen LogP contribution in [0.15, 0.2) is 0 Å². The second-order valence-electron chi connectivity index (χ2n) is 7.06. The van der Waals surface area contributed by atoms with E-state index in [-0.39, 0.29) is 17.7 Å². The van der Waals surface area contributed by atoms with E-state index >= 15 is 0 Å². The van der Waals surface area contributed by atoms with Crippen LogP contribution >= 0.6 is 0 Å². The first-order valence-electron chi connectivity index (χ1n) is 7.61. The van der Waals surface area contributed by atoms with E-state index in [4.69, 9.17) is 4.74 Å². The number of aliphatic hydroxyl groups excluding tert-OH is 1. The molecule has 0 bridgehead atoms. The van der Waals surface area contributed by atoms with Gasteiger partial charge in [0.1, 0.15) is 0 Å². The third-order valence-electron chi connectivity index (χ3n) is 4.76. The first-order chi connectivity index (χ1) is 8.90. The molecule has 3 atom stereocenters. The van der Waals surface area contributed by atoms with E-state index < -0.39 is 0 Å². The van der Waals surface area contributed by atoms with Gasteiger partial charge in [0.15, 0.2) is 0 Å². The average Bonchev–Trinajstić information content (AvgIpc) is 2.36. The topological polar surface area (TPSA) is 44.7 Å². The fourth-order valence-electron chi connectivity index (χ4n) is 3.87. The molecular weight excluding hydrogens is 240 g/mol. The molecule has 1 saturated carbocycles. The average molecular weight is 270 g/mol. The standard InChI is InChI=1S/C15H30N2O2/c1-12-9-17(10-14(2,3)19-12)13-6-5-7-15(8-13,11-18)16-4/h12-13,16,18H,5-11H2,1-4H3. The minimum atomic E-state index is -0.0748. The van der Waals surface area contributed by atoms with Crippen molar-refractivity contribution in [1.82, 2.24) is 10.2 Å². The number of ether oxygens (including phenoxy) is 1. The molecule has 112 valence electrons. The second kappa shape index (κ2) is 5.68. The van der Waals surface area contributed by atoms with Crippen LogP contribution in [-0.2, 0) is 4.74 Å². The summed E-state index contributed by atoms with van der Waals surface area (Å²) in [6.07, 6.45) is 4.86. The van der Waals surface area contributed by atoms with Crippen molar-refractivity contribution >= 4 is 0 Å². The normalized spacial score (nSPS) is 40.3. The van der Waals surface area contributed by atoms with Gasteiger partial charge in [-0.05, 0) is 53.5 Å². The first-order valence-corrected chi connectivity index (χ1v) is 7.61. The Kier molecular flexibility index (Phi) is 4.56. The third kappa shape index (κ3) is 3.48. The van der Waals surface area contributed by atoms with Gasteiger partial charge >= 0.3 is 0 Å². The van der Waals surface area contributed by atoms with Gasteiger partial charge in [0.05, 0.1) is 18.3 Å². The molecule has 1 saturated heterocycles. The maximum absolute atomic E-state index is 9.71. The van der Waals surface area contributed by atoms with Crippen LogP contribution in [0.2, 0.25) is 0 Å². The van der Waals surface area contributed by atoms with Crippen LogP contribution in [-0.4, -0.2) is 60.0 Å².